The zero-order chi connectivity index (χ0) is 25.4. The Balaban J connectivity index is 1.74. The van der Waals surface area contributed by atoms with Gasteiger partial charge in [0.2, 0.25) is 0 Å². The van der Waals surface area contributed by atoms with Crippen molar-refractivity contribution >= 4 is 13.9 Å². The SMILES string of the molecule is CCC(C)(Pc1ccccc1CN(C)C)c1cccc(Cc2ccccc2)c1OCc1ccccc1. The van der Waals surface area contributed by atoms with Crippen molar-refractivity contribution < 1.29 is 4.74 Å². The molecule has 0 spiro atoms. The van der Waals surface area contributed by atoms with Crippen molar-refractivity contribution in [2.45, 2.75) is 45.0 Å². The highest BCUT2D eigenvalue weighted by molar-refractivity contribution is 7.48. The number of rotatable bonds is 11. The Bertz CT molecular complexity index is 1240. The Morgan fingerprint density at radius 1 is 0.722 bits per heavy atom. The molecule has 3 heteroatoms. The third-order valence-corrected chi connectivity index (χ3v) is 8.71. The number of ether oxygens (including phenoxy) is 1. The molecular weight excluding hydrogens is 457 g/mol. The van der Waals surface area contributed by atoms with Gasteiger partial charge in [-0.2, -0.15) is 0 Å². The predicted molar refractivity (Wildman–Crippen MR) is 156 cm³/mol. The first-order valence-electron chi connectivity index (χ1n) is 12.8. The molecule has 0 radical (unpaired) electrons. The summed E-state index contributed by atoms with van der Waals surface area (Å²) >= 11 is 0. The van der Waals surface area contributed by atoms with Gasteiger partial charge in [0.05, 0.1) is 0 Å². The molecule has 2 atom stereocenters. The quantitative estimate of drug-likeness (QED) is 0.199. The molecule has 0 saturated carbocycles. The van der Waals surface area contributed by atoms with Gasteiger partial charge in [-0.3, -0.25) is 0 Å². The van der Waals surface area contributed by atoms with Gasteiger partial charge in [0, 0.05) is 23.7 Å². The van der Waals surface area contributed by atoms with Crippen LogP contribution in [0.15, 0.2) is 103 Å². The first-order chi connectivity index (χ1) is 17.5. The fourth-order valence-electron chi connectivity index (χ4n) is 4.64. The van der Waals surface area contributed by atoms with E-state index in [0.717, 1.165) is 25.1 Å². The van der Waals surface area contributed by atoms with Crippen LogP contribution in [0.4, 0.5) is 0 Å². The Morgan fingerprint density at radius 2 is 1.33 bits per heavy atom. The third kappa shape index (κ3) is 6.64. The van der Waals surface area contributed by atoms with E-state index in [-0.39, 0.29) is 5.16 Å². The van der Waals surface area contributed by atoms with E-state index in [9.17, 15) is 0 Å². The topological polar surface area (TPSA) is 12.5 Å². The van der Waals surface area contributed by atoms with Crippen LogP contribution in [-0.4, -0.2) is 19.0 Å². The summed E-state index contributed by atoms with van der Waals surface area (Å²) in [5.41, 5.74) is 6.46. The average molecular weight is 496 g/mol. The predicted octanol–water partition coefficient (Wildman–Crippen LogP) is 7.55. The molecule has 4 aromatic rings. The fraction of sp³-hybridized carbons (Fsp3) is 0.273. The Morgan fingerprint density at radius 3 is 2.00 bits per heavy atom. The number of hydrogen-bond donors (Lipinski definition) is 0. The van der Waals surface area contributed by atoms with Crippen molar-refractivity contribution in [2.75, 3.05) is 14.1 Å². The van der Waals surface area contributed by atoms with Crippen molar-refractivity contribution in [3.63, 3.8) is 0 Å². The van der Waals surface area contributed by atoms with Gasteiger partial charge in [-0.1, -0.05) is 126 Å². The van der Waals surface area contributed by atoms with E-state index in [4.69, 9.17) is 4.74 Å². The largest absolute Gasteiger partial charge is 0.488 e. The van der Waals surface area contributed by atoms with E-state index in [1.54, 1.807) is 0 Å². The lowest BCUT2D eigenvalue weighted by atomic mass is 9.92. The molecule has 0 saturated heterocycles. The van der Waals surface area contributed by atoms with Gasteiger partial charge in [-0.25, -0.2) is 0 Å². The maximum atomic E-state index is 6.70. The first kappa shape index (κ1) is 26.1. The molecular formula is C33H38NOP. The Labute approximate surface area is 219 Å². The van der Waals surface area contributed by atoms with E-state index >= 15 is 0 Å². The van der Waals surface area contributed by atoms with Crippen LogP contribution in [0, 0.1) is 0 Å². The summed E-state index contributed by atoms with van der Waals surface area (Å²) in [4.78, 5) is 2.25. The molecule has 0 heterocycles. The van der Waals surface area contributed by atoms with Crippen molar-refractivity contribution in [1.82, 2.24) is 4.90 Å². The van der Waals surface area contributed by atoms with Crippen LogP contribution in [0.2, 0.25) is 0 Å². The number of para-hydroxylation sites is 1. The van der Waals surface area contributed by atoms with Crippen LogP contribution in [0.3, 0.4) is 0 Å². The van der Waals surface area contributed by atoms with Crippen molar-refractivity contribution in [3.8, 4) is 5.75 Å². The van der Waals surface area contributed by atoms with Crippen LogP contribution in [-0.2, 0) is 24.7 Å². The van der Waals surface area contributed by atoms with Crippen molar-refractivity contribution in [3.05, 3.63) is 131 Å². The molecule has 0 N–H and O–H groups in total. The van der Waals surface area contributed by atoms with Crippen LogP contribution < -0.4 is 10.0 Å². The van der Waals surface area contributed by atoms with Crippen LogP contribution in [0.25, 0.3) is 0 Å². The normalized spacial score (nSPS) is 13.2. The average Bonchev–Trinajstić information content (AvgIpc) is 2.90. The molecule has 0 amide bonds. The maximum absolute atomic E-state index is 6.70. The van der Waals surface area contributed by atoms with Gasteiger partial charge >= 0.3 is 0 Å². The second-order valence-electron chi connectivity index (χ2n) is 9.94. The maximum Gasteiger partial charge on any atom is 0.127 e. The molecule has 4 aromatic carbocycles. The Kier molecular flexibility index (Phi) is 8.97. The zero-order valence-electron chi connectivity index (χ0n) is 22.0. The molecule has 2 nitrogen and oxygen atoms in total. The minimum atomic E-state index is -0.0267. The number of benzene rings is 4. The number of hydrogen-bond acceptors (Lipinski definition) is 2. The lowest BCUT2D eigenvalue weighted by Crippen LogP contribution is -2.23. The molecule has 0 aromatic heterocycles. The van der Waals surface area contributed by atoms with Gasteiger partial charge in [-0.05, 0) is 48.1 Å². The second-order valence-corrected chi connectivity index (χ2v) is 11.8. The molecule has 0 aliphatic rings. The zero-order valence-corrected chi connectivity index (χ0v) is 23.0. The third-order valence-electron chi connectivity index (χ3n) is 6.78. The molecule has 36 heavy (non-hydrogen) atoms. The smallest absolute Gasteiger partial charge is 0.127 e. The van der Waals surface area contributed by atoms with E-state index < -0.39 is 0 Å². The monoisotopic (exact) mass is 495 g/mol. The van der Waals surface area contributed by atoms with Gasteiger partial charge in [0.15, 0.2) is 0 Å². The second kappa shape index (κ2) is 12.3. The summed E-state index contributed by atoms with van der Waals surface area (Å²) in [6.45, 7) is 6.25. The van der Waals surface area contributed by atoms with Crippen molar-refractivity contribution in [2.24, 2.45) is 0 Å². The number of nitrogens with zero attached hydrogens (tertiary/aromatic N) is 1. The molecule has 0 aliphatic carbocycles. The lowest BCUT2D eigenvalue weighted by Gasteiger charge is -2.33. The van der Waals surface area contributed by atoms with Gasteiger partial charge in [0.1, 0.15) is 12.4 Å². The first-order valence-corrected chi connectivity index (χ1v) is 13.8. The van der Waals surface area contributed by atoms with E-state index in [2.05, 4.69) is 136 Å². The summed E-state index contributed by atoms with van der Waals surface area (Å²) in [6.07, 6.45) is 1.90. The summed E-state index contributed by atoms with van der Waals surface area (Å²) < 4.78 is 6.70. The molecule has 2 unspecified atom stereocenters. The molecule has 0 fully saturated rings. The molecule has 0 bridgehead atoms. The van der Waals surface area contributed by atoms with E-state index in [1.165, 1.54) is 33.1 Å². The van der Waals surface area contributed by atoms with Crippen molar-refractivity contribution in [1.29, 1.82) is 0 Å². The molecule has 186 valence electrons. The summed E-state index contributed by atoms with van der Waals surface area (Å²) in [6, 6.07) is 36.8. The molecule has 0 aliphatic heterocycles. The Hall–Kier alpha value is -2.93. The lowest BCUT2D eigenvalue weighted by molar-refractivity contribution is 0.297. The fourth-order valence-corrected chi connectivity index (χ4v) is 6.24. The van der Waals surface area contributed by atoms with E-state index in [0.29, 0.717) is 15.2 Å². The minimum absolute atomic E-state index is 0.0267. The highest BCUT2D eigenvalue weighted by Gasteiger charge is 2.30. The van der Waals surface area contributed by atoms with Crippen LogP contribution in [0.5, 0.6) is 5.75 Å². The standard InChI is InChI=1S/C33H38NOP/c1-5-33(2,36-31-22-13-12-19-29(31)24-34(3)4)30-21-14-20-28(23-26-15-8-6-9-16-26)32(30)35-25-27-17-10-7-11-18-27/h6-22,36H,5,23-25H2,1-4H3. The van der Waals surface area contributed by atoms with Gasteiger partial charge < -0.3 is 9.64 Å². The highest BCUT2D eigenvalue weighted by atomic mass is 31.1. The van der Waals surface area contributed by atoms with E-state index in [1.807, 2.05) is 0 Å². The highest BCUT2D eigenvalue weighted by Crippen LogP contribution is 2.49. The minimum Gasteiger partial charge on any atom is -0.488 e. The summed E-state index contributed by atoms with van der Waals surface area (Å²) in [5.74, 6) is 1.05. The van der Waals surface area contributed by atoms with Crippen LogP contribution in [0.1, 0.15) is 48.1 Å². The van der Waals surface area contributed by atoms with Crippen LogP contribution >= 0.6 is 8.58 Å². The van der Waals surface area contributed by atoms with Gasteiger partial charge in [-0.15, -0.1) is 0 Å². The summed E-state index contributed by atoms with van der Waals surface area (Å²) in [5, 5.41) is 1.42. The van der Waals surface area contributed by atoms with Gasteiger partial charge in [0.25, 0.3) is 0 Å². The summed E-state index contributed by atoms with van der Waals surface area (Å²) in [7, 11) is 4.93. The molecule has 4 rings (SSSR count).